The number of nitrogens with one attached hydrogen (secondary N) is 1. The van der Waals surface area contributed by atoms with E-state index < -0.39 is 16.1 Å². The zero-order valence-corrected chi connectivity index (χ0v) is 19.4. The van der Waals surface area contributed by atoms with Gasteiger partial charge in [-0.1, -0.05) is 23.8 Å². The lowest BCUT2D eigenvalue weighted by Gasteiger charge is -2.29. The zero-order valence-electron chi connectivity index (χ0n) is 18.6. The Morgan fingerprint density at radius 2 is 1.91 bits per heavy atom. The first-order valence-electron chi connectivity index (χ1n) is 10.6. The second-order valence-corrected chi connectivity index (χ2v) is 9.61. The lowest BCUT2D eigenvalue weighted by molar-refractivity contribution is -0.137. The molecule has 1 atom stereocenters. The smallest absolute Gasteiger partial charge is 0.243 e. The fourth-order valence-electron chi connectivity index (χ4n) is 3.75. The van der Waals surface area contributed by atoms with Gasteiger partial charge >= 0.3 is 0 Å². The second-order valence-electron chi connectivity index (χ2n) is 7.72. The number of nitrogens with zero attached hydrogens (tertiary/aromatic N) is 2. The molecule has 3 rings (SSSR count). The molecule has 0 radical (unpaired) electrons. The van der Waals surface area contributed by atoms with Crippen molar-refractivity contribution in [2.24, 2.45) is 0 Å². The molecular weight excluding hydrogens is 430 g/mol. The molecule has 2 amide bonds. The maximum atomic E-state index is 13.2. The Morgan fingerprint density at radius 3 is 2.56 bits per heavy atom. The van der Waals surface area contributed by atoms with E-state index in [0.717, 1.165) is 5.56 Å². The van der Waals surface area contributed by atoms with Crippen molar-refractivity contribution in [3.8, 4) is 5.75 Å². The van der Waals surface area contributed by atoms with Crippen LogP contribution in [-0.2, 0) is 19.6 Å². The molecular formula is C23H29N3O5S. The molecule has 1 aliphatic rings. The third-order valence-corrected chi connectivity index (χ3v) is 7.42. The highest BCUT2D eigenvalue weighted by Crippen LogP contribution is 2.27. The quantitative estimate of drug-likeness (QED) is 0.655. The van der Waals surface area contributed by atoms with Crippen molar-refractivity contribution in [3.05, 3.63) is 54.1 Å². The number of sulfonamides is 1. The normalized spacial score (nSPS) is 16.5. The van der Waals surface area contributed by atoms with Gasteiger partial charge in [-0.05, 0) is 51.0 Å². The van der Waals surface area contributed by atoms with Crippen LogP contribution in [0.25, 0.3) is 0 Å². The standard InChI is InChI=1S/C23H29N3O5S/c1-4-25(16-22(27)24-18-7-5-8-19(15-18)31-3)23(28)21-9-6-14-26(21)32(29,30)20-12-10-17(2)11-13-20/h5,7-8,10-13,15,21H,4,6,9,14,16H2,1-3H3,(H,24,27)/t21-/m0/s1. The summed E-state index contributed by atoms with van der Waals surface area (Å²) in [6, 6.07) is 12.7. The van der Waals surface area contributed by atoms with Gasteiger partial charge in [-0.3, -0.25) is 9.59 Å². The fourth-order valence-corrected chi connectivity index (χ4v) is 5.40. The molecule has 32 heavy (non-hydrogen) atoms. The van der Waals surface area contributed by atoms with Crippen molar-refractivity contribution >= 4 is 27.5 Å². The first-order chi connectivity index (χ1) is 15.3. The van der Waals surface area contributed by atoms with E-state index in [9.17, 15) is 18.0 Å². The minimum Gasteiger partial charge on any atom is -0.497 e. The van der Waals surface area contributed by atoms with Gasteiger partial charge in [-0.15, -0.1) is 0 Å². The molecule has 172 valence electrons. The molecule has 0 aromatic heterocycles. The Bertz CT molecular complexity index is 1070. The first kappa shape index (κ1) is 23.7. The molecule has 1 saturated heterocycles. The van der Waals surface area contributed by atoms with E-state index in [4.69, 9.17) is 4.74 Å². The third-order valence-electron chi connectivity index (χ3n) is 5.50. The number of rotatable bonds is 8. The fraction of sp³-hybridized carbons (Fsp3) is 0.391. The first-order valence-corrected chi connectivity index (χ1v) is 12.0. The van der Waals surface area contributed by atoms with Gasteiger partial charge in [0.15, 0.2) is 0 Å². The van der Waals surface area contributed by atoms with Gasteiger partial charge in [0.25, 0.3) is 0 Å². The molecule has 1 N–H and O–H groups in total. The molecule has 0 saturated carbocycles. The summed E-state index contributed by atoms with van der Waals surface area (Å²) in [4.78, 5) is 27.3. The van der Waals surface area contributed by atoms with Gasteiger partial charge in [0.2, 0.25) is 21.8 Å². The monoisotopic (exact) mass is 459 g/mol. The summed E-state index contributed by atoms with van der Waals surface area (Å²) < 4.78 is 32.7. The number of carbonyl (C=O) groups is 2. The van der Waals surface area contributed by atoms with Crippen LogP contribution < -0.4 is 10.1 Å². The summed E-state index contributed by atoms with van der Waals surface area (Å²) in [6.45, 7) is 4.06. The van der Waals surface area contributed by atoms with Crippen molar-refractivity contribution in [1.29, 1.82) is 0 Å². The number of benzene rings is 2. The van der Waals surface area contributed by atoms with Crippen LogP contribution >= 0.6 is 0 Å². The molecule has 8 nitrogen and oxygen atoms in total. The number of methoxy groups -OCH3 is 1. The van der Waals surface area contributed by atoms with Gasteiger partial charge < -0.3 is 15.0 Å². The summed E-state index contributed by atoms with van der Waals surface area (Å²) in [5.41, 5.74) is 1.51. The molecule has 2 aromatic rings. The van der Waals surface area contributed by atoms with Gasteiger partial charge in [0.1, 0.15) is 11.8 Å². The molecule has 1 heterocycles. The average Bonchev–Trinajstić information content (AvgIpc) is 3.28. The molecule has 0 bridgehead atoms. The highest BCUT2D eigenvalue weighted by molar-refractivity contribution is 7.89. The van der Waals surface area contributed by atoms with E-state index >= 15 is 0 Å². The Hall–Kier alpha value is -2.91. The predicted octanol–water partition coefficient (Wildman–Crippen LogP) is 2.64. The number of ether oxygens (including phenoxy) is 1. The van der Waals surface area contributed by atoms with Crippen LogP contribution in [-0.4, -0.2) is 62.2 Å². The maximum absolute atomic E-state index is 13.2. The van der Waals surface area contributed by atoms with Crippen molar-refractivity contribution in [2.45, 2.75) is 37.6 Å². The molecule has 0 unspecified atom stereocenters. The molecule has 9 heteroatoms. The van der Waals surface area contributed by atoms with E-state index in [-0.39, 0.29) is 29.8 Å². The summed E-state index contributed by atoms with van der Waals surface area (Å²) in [7, 11) is -2.27. The highest BCUT2D eigenvalue weighted by Gasteiger charge is 2.41. The van der Waals surface area contributed by atoms with E-state index in [1.165, 1.54) is 16.3 Å². The topological polar surface area (TPSA) is 96.0 Å². The van der Waals surface area contributed by atoms with Gasteiger partial charge in [0, 0.05) is 24.8 Å². The van der Waals surface area contributed by atoms with Crippen LogP contribution in [0.5, 0.6) is 5.75 Å². The van der Waals surface area contributed by atoms with Crippen molar-refractivity contribution in [3.63, 3.8) is 0 Å². The maximum Gasteiger partial charge on any atom is 0.243 e. The number of amides is 2. The van der Waals surface area contributed by atoms with Crippen LogP contribution in [0.4, 0.5) is 5.69 Å². The van der Waals surface area contributed by atoms with Gasteiger partial charge in [0.05, 0.1) is 18.6 Å². The Kier molecular flexibility index (Phi) is 7.52. The SMILES string of the molecule is CCN(CC(=O)Nc1cccc(OC)c1)C(=O)[C@@H]1CCCN1S(=O)(=O)c1ccc(C)cc1. The Morgan fingerprint density at radius 1 is 1.19 bits per heavy atom. The number of aryl methyl sites for hydroxylation is 1. The van der Waals surface area contributed by atoms with Crippen LogP contribution in [0.2, 0.25) is 0 Å². The minimum atomic E-state index is -3.80. The average molecular weight is 460 g/mol. The van der Waals surface area contributed by atoms with E-state index in [0.29, 0.717) is 30.8 Å². The van der Waals surface area contributed by atoms with E-state index in [1.54, 1.807) is 55.5 Å². The second kappa shape index (κ2) is 10.1. The summed E-state index contributed by atoms with van der Waals surface area (Å²) in [5, 5.41) is 2.75. The number of hydrogen-bond acceptors (Lipinski definition) is 5. The van der Waals surface area contributed by atoms with Crippen LogP contribution in [0.3, 0.4) is 0 Å². The third kappa shape index (κ3) is 5.28. The molecule has 0 spiro atoms. The van der Waals surface area contributed by atoms with Crippen LogP contribution in [0, 0.1) is 6.92 Å². The Labute approximate surface area is 189 Å². The summed E-state index contributed by atoms with van der Waals surface area (Å²) in [6.07, 6.45) is 1.02. The predicted molar refractivity (Wildman–Crippen MR) is 122 cm³/mol. The van der Waals surface area contributed by atoms with E-state index in [2.05, 4.69) is 5.32 Å². The minimum absolute atomic E-state index is 0.165. The van der Waals surface area contributed by atoms with Crippen molar-refractivity contribution < 1.29 is 22.7 Å². The Balaban J connectivity index is 1.72. The number of carbonyl (C=O) groups excluding carboxylic acids is 2. The number of likely N-dealkylation sites (N-methyl/N-ethyl adjacent to an activating group) is 1. The molecule has 1 aliphatic heterocycles. The van der Waals surface area contributed by atoms with Crippen LogP contribution in [0.15, 0.2) is 53.4 Å². The summed E-state index contributed by atoms with van der Waals surface area (Å²) in [5.74, 6) is -0.116. The highest BCUT2D eigenvalue weighted by atomic mass is 32.2. The van der Waals surface area contributed by atoms with Crippen LogP contribution in [0.1, 0.15) is 25.3 Å². The molecule has 2 aromatic carbocycles. The number of anilines is 1. The lowest BCUT2D eigenvalue weighted by Crippen LogP contribution is -2.49. The number of hydrogen-bond donors (Lipinski definition) is 1. The zero-order chi connectivity index (χ0) is 23.3. The van der Waals surface area contributed by atoms with E-state index in [1.807, 2.05) is 6.92 Å². The van der Waals surface area contributed by atoms with Gasteiger partial charge in [-0.25, -0.2) is 8.42 Å². The molecule has 0 aliphatic carbocycles. The largest absolute Gasteiger partial charge is 0.497 e. The molecule has 1 fully saturated rings. The summed E-state index contributed by atoms with van der Waals surface area (Å²) >= 11 is 0. The van der Waals surface area contributed by atoms with Crippen molar-refractivity contribution in [2.75, 3.05) is 32.1 Å². The van der Waals surface area contributed by atoms with Crippen molar-refractivity contribution in [1.82, 2.24) is 9.21 Å². The lowest BCUT2D eigenvalue weighted by atomic mass is 10.2. The van der Waals surface area contributed by atoms with Gasteiger partial charge in [-0.2, -0.15) is 4.31 Å².